The number of thiophene rings is 1. The molecule has 1 fully saturated rings. The van der Waals surface area contributed by atoms with Crippen LogP contribution in [0.2, 0.25) is 0 Å². The van der Waals surface area contributed by atoms with E-state index in [1.807, 2.05) is 10.8 Å². The Morgan fingerprint density at radius 2 is 2.19 bits per heavy atom. The van der Waals surface area contributed by atoms with Crippen molar-refractivity contribution in [3.05, 3.63) is 20.8 Å². The van der Waals surface area contributed by atoms with Crippen LogP contribution in [0.15, 0.2) is 15.2 Å². The first-order valence-electron chi connectivity index (χ1n) is 5.38. The van der Waals surface area contributed by atoms with Gasteiger partial charge in [-0.2, -0.15) is 11.3 Å². The molecule has 3 nitrogen and oxygen atoms in total. The second-order valence-corrected chi connectivity index (χ2v) is 6.03. The molecule has 90 valence electrons. The fraction of sp³-hybridized carbons (Fsp3) is 0.636. The number of rotatable bonds is 2. The lowest BCUT2D eigenvalue weighted by Crippen LogP contribution is -2.52. The van der Waals surface area contributed by atoms with Crippen LogP contribution in [0.3, 0.4) is 0 Å². The number of aliphatic hydroxyl groups is 1. The third kappa shape index (κ3) is 2.49. The number of piperazine rings is 1. The van der Waals surface area contributed by atoms with Crippen molar-refractivity contribution in [2.24, 2.45) is 0 Å². The van der Waals surface area contributed by atoms with E-state index >= 15 is 0 Å². The van der Waals surface area contributed by atoms with E-state index in [4.69, 9.17) is 0 Å². The smallest absolute Gasteiger partial charge is 0.0976 e. The molecule has 0 saturated carbocycles. The number of likely N-dealkylation sites (N-methyl/N-ethyl adjacent to an activating group) is 2. The summed E-state index contributed by atoms with van der Waals surface area (Å²) in [7, 11) is 4.19. The highest BCUT2D eigenvalue weighted by Crippen LogP contribution is 2.31. The lowest BCUT2D eigenvalue weighted by molar-refractivity contribution is 0.0137. The van der Waals surface area contributed by atoms with Gasteiger partial charge in [-0.15, -0.1) is 0 Å². The quantitative estimate of drug-likeness (QED) is 0.902. The van der Waals surface area contributed by atoms with Gasteiger partial charge in [-0.1, -0.05) is 0 Å². The zero-order valence-electron chi connectivity index (χ0n) is 9.56. The Morgan fingerprint density at radius 1 is 1.44 bits per heavy atom. The van der Waals surface area contributed by atoms with E-state index in [-0.39, 0.29) is 6.04 Å². The zero-order valence-corrected chi connectivity index (χ0v) is 12.0. The van der Waals surface area contributed by atoms with Gasteiger partial charge in [0.2, 0.25) is 0 Å². The molecule has 1 aliphatic rings. The van der Waals surface area contributed by atoms with Crippen LogP contribution in [0, 0.1) is 0 Å². The van der Waals surface area contributed by atoms with Crippen molar-refractivity contribution in [3.8, 4) is 0 Å². The molecular formula is C11H17BrN2OS. The van der Waals surface area contributed by atoms with E-state index in [1.165, 1.54) is 0 Å². The molecule has 0 aliphatic carbocycles. The van der Waals surface area contributed by atoms with Crippen molar-refractivity contribution in [1.82, 2.24) is 9.80 Å². The summed E-state index contributed by atoms with van der Waals surface area (Å²) in [4.78, 5) is 4.52. The lowest BCUT2D eigenvalue weighted by Gasteiger charge is -2.40. The molecule has 1 aliphatic heterocycles. The standard InChI is InChI=1S/C11H17BrN2OS/c1-13-3-4-14(2)10(5-13)11(15)8-6-16-7-9(8)12/h6-7,10-11,15H,3-5H2,1-2H3. The van der Waals surface area contributed by atoms with Crippen LogP contribution in [0.5, 0.6) is 0 Å². The minimum Gasteiger partial charge on any atom is -0.387 e. The fourth-order valence-electron chi connectivity index (χ4n) is 2.09. The molecule has 0 spiro atoms. The molecule has 1 saturated heterocycles. The van der Waals surface area contributed by atoms with Gasteiger partial charge >= 0.3 is 0 Å². The Labute approximate surface area is 109 Å². The van der Waals surface area contributed by atoms with Gasteiger partial charge in [0.05, 0.1) is 12.1 Å². The maximum absolute atomic E-state index is 10.4. The van der Waals surface area contributed by atoms with Crippen LogP contribution in [0.1, 0.15) is 11.7 Å². The van der Waals surface area contributed by atoms with E-state index in [0.29, 0.717) is 0 Å². The monoisotopic (exact) mass is 304 g/mol. The van der Waals surface area contributed by atoms with Crippen molar-refractivity contribution in [3.63, 3.8) is 0 Å². The van der Waals surface area contributed by atoms with E-state index in [9.17, 15) is 5.11 Å². The molecule has 1 N–H and O–H groups in total. The third-order valence-corrected chi connectivity index (χ3v) is 4.98. The Kier molecular flexibility index (Phi) is 4.02. The molecule has 5 heteroatoms. The summed E-state index contributed by atoms with van der Waals surface area (Å²) in [5.41, 5.74) is 1.01. The largest absolute Gasteiger partial charge is 0.387 e. The van der Waals surface area contributed by atoms with Crippen molar-refractivity contribution in [1.29, 1.82) is 0 Å². The molecule has 0 aromatic carbocycles. The van der Waals surface area contributed by atoms with Gasteiger partial charge < -0.3 is 10.0 Å². The van der Waals surface area contributed by atoms with Gasteiger partial charge in [0.1, 0.15) is 0 Å². The molecule has 2 atom stereocenters. The molecule has 1 aromatic heterocycles. The topological polar surface area (TPSA) is 26.7 Å². The van der Waals surface area contributed by atoms with Crippen molar-refractivity contribution in [2.45, 2.75) is 12.1 Å². The second-order valence-electron chi connectivity index (χ2n) is 4.43. The number of aliphatic hydroxyl groups excluding tert-OH is 1. The summed E-state index contributed by atoms with van der Waals surface area (Å²) in [6.45, 7) is 3.00. The number of halogens is 1. The predicted molar refractivity (Wildman–Crippen MR) is 70.9 cm³/mol. The van der Waals surface area contributed by atoms with Crippen LogP contribution in [0.4, 0.5) is 0 Å². The van der Waals surface area contributed by atoms with Crippen molar-refractivity contribution >= 4 is 27.3 Å². The minimum absolute atomic E-state index is 0.185. The fourth-order valence-corrected chi connectivity index (χ4v) is 3.66. The number of hydrogen-bond donors (Lipinski definition) is 1. The summed E-state index contributed by atoms with van der Waals surface area (Å²) in [5, 5.41) is 14.5. The van der Waals surface area contributed by atoms with Crippen LogP contribution in [-0.2, 0) is 0 Å². The summed E-state index contributed by atoms with van der Waals surface area (Å²) in [5.74, 6) is 0. The summed E-state index contributed by atoms with van der Waals surface area (Å²) in [6.07, 6.45) is -0.409. The highest BCUT2D eigenvalue weighted by molar-refractivity contribution is 9.10. The van der Waals surface area contributed by atoms with Crippen LogP contribution in [0.25, 0.3) is 0 Å². The molecule has 0 amide bonds. The van der Waals surface area contributed by atoms with Crippen molar-refractivity contribution < 1.29 is 5.11 Å². The van der Waals surface area contributed by atoms with Crippen LogP contribution in [-0.4, -0.2) is 54.7 Å². The molecular weight excluding hydrogens is 288 g/mol. The number of nitrogens with zero attached hydrogens (tertiary/aromatic N) is 2. The third-order valence-electron chi connectivity index (χ3n) is 3.22. The Bertz CT molecular complexity index is 358. The Balaban J connectivity index is 2.14. The molecule has 2 heterocycles. The van der Waals surface area contributed by atoms with E-state index in [2.05, 4.69) is 39.8 Å². The van der Waals surface area contributed by atoms with Gasteiger partial charge in [-0.05, 0) is 35.4 Å². The summed E-state index contributed by atoms with van der Waals surface area (Å²) >= 11 is 5.11. The van der Waals surface area contributed by atoms with Gasteiger partial charge in [0.15, 0.2) is 0 Å². The van der Waals surface area contributed by atoms with E-state index in [0.717, 1.165) is 29.7 Å². The first-order chi connectivity index (χ1) is 7.59. The van der Waals surface area contributed by atoms with Gasteiger partial charge in [-0.25, -0.2) is 0 Å². The first-order valence-corrected chi connectivity index (χ1v) is 7.11. The average Bonchev–Trinajstić information content (AvgIpc) is 2.67. The molecule has 0 bridgehead atoms. The molecule has 2 unspecified atom stereocenters. The maximum atomic E-state index is 10.4. The van der Waals surface area contributed by atoms with Crippen LogP contribution < -0.4 is 0 Å². The summed E-state index contributed by atoms with van der Waals surface area (Å²) in [6, 6.07) is 0.185. The van der Waals surface area contributed by atoms with Gasteiger partial charge in [-0.3, -0.25) is 4.90 Å². The summed E-state index contributed by atoms with van der Waals surface area (Å²) < 4.78 is 1.02. The number of hydrogen-bond acceptors (Lipinski definition) is 4. The highest BCUT2D eigenvalue weighted by Gasteiger charge is 2.30. The zero-order chi connectivity index (χ0) is 11.7. The molecule has 2 rings (SSSR count). The normalized spacial score (nSPS) is 25.9. The van der Waals surface area contributed by atoms with Gasteiger partial charge in [0.25, 0.3) is 0 Å². The minimum atomic E-state index is -0.409. The predicted octanol–water partition coefficient (Wildman–Crippen LogP) is 1.79. The highest BCUT2D eigenvalue weighted by atomic mass is 79.9. The van der Waals surface area contributed by atoms with Crippen molar-refractivity contribution in [2.75, 3.05) is 33.7 Å². The first kappa shape index (κ1) is 12.5. The Hall–Kier alpha value is 0.0600. The molecule has 0 radical (unpaired) electrons. The van der Waals surface area contributed by atoms with E-state index < -0.39 is 6.10 Å². The SMILES string of the molecule is CN1CCN(C)C(C(O)c2cscc2Br)C1. The molecule has 16 heavy (non-hydrogen) atoms. The van der Waals surface area contributed by atoms with Crippen LogP contribution >= 0.6 is 27.3 Å². The molecule has 1 aromatic rings. The Morgan fingerprint density at radius 3 is 2.81 bits per heavy atom. The lowest BCUT2D eigenvalue weighted by atomic mass is 10.0. The maximum Gasteiger partial charge on any atom is 0.0976 e. The van der Waals surface area contributed by atoms with Gasteiger partial charge in [0, 0.05) is 35.1 Å². The average molecular weight is 305 g/mol. The second kappa shape index (κ2) is 5.14. The van der Waals surface area contributed by atoms with E-state index in [1.54, 1.807) is 11.3 Å².